The van der Waals surface area contributed by atoms with E-state index in [0.717, 1.165) is 11.3 Å². The molecule has 0 spiro atoms. The van der Waals surface area contributed by atoms with Crippen LogP contribution in [0.25, 0.3) is 0 Å². The van der Waals surface area contributed by atoms with Crippen LogP contribution in [-0.2, 0) is 16.0 Å². The standard InChI is InChI=1S/C11H11NO3S/c1-14-8-4-2-3-7(5-8)6-9-10(13)12-11(16)15-9/h2-5,9H,6H2,1H3,(H,12,13,16). The predicted molar refractivity (Wildman–Crippen MR) is 62.3 cm³/mol. The van der Waals surface area contributed by atoms with Crippen LogP contribution in [0.3, 0.4) is 0 Å². The maximum Gasteiger partial charge on any atom is 0.268 e. The first-order valence-electron chi connectivity index (χ1n) is 4.83. The zero-order valence-electron chi connectivity index (χ0n) is 8.73. The fourth-order valence-electron chi connectivity index (χ4n) is 1.54. The largest absolute Gasteiger partial charge is 0.497 e. The summed E-state index contributed by atoms with van der Waals surface area (Å²) in [4.78, 5) is 11.4. The fourth-order valence-corrected chi connectivity index (χ4v) is 1.76. The van der Waals surface area contributed by atoms with Crippen molar-refractivity contribution in [2.24, 2.45) is 0 Å². The summed E-state index contributed by atoms with van der Waals surface area (Å²) in [6, 6.07) is 7.52. The lowest BCUT2D eigenvalue weighted by Crippen LogP contribution is -2.25. The second-order valence-corrected chi connectivity index (χ2v) is 3.81. The number of hydrogen-bond donors (Lipinski definition) is 1. The molecule has 1 N–H and O–H groups in total. The average molecular weight is 237 g/mol. The minimum Gasteiger partial charge on any atom is -0.497 e. The lowest BCUT2D eigenvalue weighted by atomic mass is 10.1. The number of methoxy groups -OCH3 is 1. The van der Waals surface area contributed by atoms with Crippen molar-refractivity contribution in [1.29, 1.82) is 0 Å². The molecule has 1 aliphatic rings. The molecule has 84 valence electrons. The minimum atomic E-state index is -0.528. The summed E-state index contributed by atoms with van der Waals surface area (Å²) in [6.45, 7) is 0. The number of nitrogens with one attached hydrogen (secondary N) is 1. The first kappa shape index (κ1) is 10.9. The molecule has 0 saturated carbocycles. The Bertz CT molecular complexity index is 433. The zero-order valence-corrected chi connectivity index (χ0v) is 9.54. The molecule has 16 heavy (non-hydrogen) atoms. The zero-order chi connectivity index (χ0) is 11.5. The van der Waals surface area contributed by atoms with Gasteiger partial charge in [-0.3, -0.25) is 10.1 Å². The van der Waals surface area contributed by atoms with Crippen LogP contribution in [0.1, 0.15) is 5.56 Å². The van der Waals surface area contributed by atoms with Crippen molar-refractivity contribution in [1.82, 2.24) is 5.32 Å². The lowest BCUT2D eigenvalue weighted by molar-refractivity contribution is -0.123. The minimum absolute atomic E-state index is 0.151. The second kappa shape index (κ2) is 4.49. The van der Waals surface area contributed by atoms with Crippen LogP contribution in [0.5, 0.6) is 5.75 Å². The van der Waals surface area contributed by atoms with Gasteiger partial charge >= 0.3 is 0 Å². The van der Waals surface area contributed by atoms with Crippen molar-refractivity contribution < 1.29 is 14.3 Å². The highest BCUT2D eigenvalue weighted by Crippen LogP contribution is 2.16. The van der Waals surface area contributed by atoms with Gasteiger partial charge in [0.15, 0.2) is 6.10 Å². The van der Waals surface area contributed by atoms with Crippen LogP contribution in [-0.4, -0.2) is 24.3 Å². The van der Waals surface area contributed by atoms with E-state index >= 15 is 0 Å². The van der Waals surface area contributed by atoms with Crippen molar-refractivity contribution in [3.63, 3.8) is 0 Å². The van der Waals surface area contributed by atoms with Crippen LogP contribution in [0.2, 0.25) is 0 Å². The molecule has 0 bridgehead atoms. The van der Waals surface area contributed by atoms with Gasteiger partial charge in [-0.2, -0.15) is 0 Å². The van der Waals surface area contributed by atoms with Crippen LogP contribution >= 0.6 is 12.2 Å². The van der Waals surface area contributed by atoms with E-state index in [1.54, 1.807) is 7.11 Å². The van der Waals surface area contributed by atoms with Gasteiger partial charge in [0.05, 0.1) is 7.11 Å². The number of benzene rings is 1. The maximum absolute atomic E-state index is 11.4. The van der Waals surface area contributed by atoms with E-state index in [-0.39, 0.29) is 11.1 Å². The lowest BCUT2D eigenvalue weighted by Gasteiger charge is -2.08. The van der Waals surface area contributed by atoms with Crippen molar-refractivity contribution >= 4 is 23.3 Å². The average Bonchev–Trinajstić information content (AvgIpc) is 2.58. The quantitative estimate of drug-likeness (QED) is 0.798. The van der Waals surface area contributed by atoms with E-state index < -0.39 is 6.10 Å². The van der Waals surface area contributed by atoms with Gasteiger partial charge < -0.3 is 9.47 Å². The SMILES string of the molecule is COc1cccc(CC2OC(=S)NC2=O)c1. The summed E-state index contributed by atoms with van der Waals surface area (Å²) in [5.74, 6) is 0.575. The molecule has 1 aromatic carbocycles. The van der Waals surface area contributed by atoms with E-state index in [4.69, 9.17) is 21.7 Å². The van der Waals surface area contributed by atoms with E-state index in [2.05, 4.69) is 5.32 Å². The third-order valence-electron chi connectivity index (χ3n) is 2.32. The molecule has 1 unspecified atom stereocenters. The Balaban J connectivity index is 2.09. The molecule has 1 aromatic rings. The molecule has 0 radical (unpaired) electrons. The molecule has 1 aliphatic heterocycles. The fraction of sp³-hybridized carbons (Fsp3) is 0.273. The number of rotatable bonds is 3. The first-order valence-corrected chi connectivity index (χ1v) is 5.24. The van der Waals surface area contributed by atoms with Crippen molar-refractivity contribution in [2.75, 3.05) is 7.11 Å². The summed E-state index contributed by atoms with van der Waals surface area (Å²) < 4.78 is 10.3. The predicted octanol–water partition coefficient (Wildman–Crippen LogP) is 1.04. The van der Waals surface area contributed by atoms with Crippen LogP contribution < -0.4 is 10.1 Å². The molecule has 1 fully saturated rings. The van der Waals surface area contributed by atoms with Gasteiger partial charge in [0, 0.05) is 6.42 Å². The van der Waals surface area contributed by atoms with E-state index in [0.29, 0.717) is 6.42 Å². The summed E-state index contributed by atoms with van der Waals surface area (Å²) in [6.07, 6.45) is -0.0389. The van der Waals surface area contributed by atoms with Gasteiger partial charge in [-0.25, -0.2) is 0 Å². The van der Waals surface area contributed by atoms with Crippen LogP contribution in [0.15, 0.2) is 24.3 Å². The number of carbonyl (C=O) groups is 1. The Morgan fingerprint density at radius 2 is 2.38 bits per heavy atom. The van der Waals surface area contributed by atoms with Gasteiger partial charge in [0.1, 0.15) is 5.75 Å². The summed E-state index contributed by atoms with van der Waals surface area (Å²) in [5.41, 5.74) is 0.976. The van der Waals surface area contributed by atoms with E-state index in [9.17, 15) is 4.79 Å². The molecular weight excluding hydrogens is 226 g/mol. The number of carbonyl (C=O) groups excluding carboxylic acids is 1. The topological polar surface area (TPSA) is 47.6 Å². The Morgan fingerprint density at radius 1 is 1.56 bits per heavy atom. The monoisotopic (exact) mass is 237 g/mol. The molecule has 0 aliphatic carbocycles. The third-order valence-corrected chi connectivity index (χ3v) is 2.52. The Labute approximate surface area is 98.5 Å². The summed E-state index contributed by atoms with van der Waals surface area (Å²) in [7, 11) is 1.60. The molecular formula is C11H11NO3S. The van der Waals surface area contributed by atoms with Gasteiger partial charge in [-0.1, -0.05) is 12.1 Å². The van der Waals surface area contributed by atoms with Crippen molar-refractivity contribution in [2.45, 2.75) is 12.5 Å². The highest BCUT2D eigenvalue weighted by molar-refractivity contribution is 7.80. The maximum atomic E-state index is 11.4. The Hall–Kier alpha value is -1.62. The molecule has 1 atom stereocenters. The molecule has 4 nitrogen and oxygen atoms in total. The summed E-state index contributed by atoms with van der Waals surface area (Å²) in [5, 5.41) is 2.61. The Kier molecular flexibility index (Phi) is 3.05. The smallest absolute Gasteiger partial charge is 0.268 e. The number of thiocarbonyl (C=S) groups is 1. The second-order valence-electron chi connectivity index (χ2n) is 3.44. The molecule has 1 amide bonds. The normalized spacial score (nSPS) is 19.2. The van der Waals surface area contributed by atoms with Gasteiger partial charge in [0.2, 0.25) is 0 Å². The highest BCUT2D eigenvalue weighted by Gasteiger charge is 2.29. The highest BCUT2D eigenvalue weighted by atomic mass is 32.1. The molecule has 5 heteroatoms. The molecule has 1 saturated heterocycles. The van der Waals surface area contributed by atoms with Gasteiger partial charge in [0.25, 0.3) is 11.1 Å². The number of ether oxygens (including phenoxy) is 2. The Morgan fingerprint density at radius 3 is 3.00 bits per heavy atom. The van der Waals surface area contributed by atoms with Crippen LogP contribution in [0.4, 0.5) is 0 Å². The van der Waals surface area contributed by atoms with Gasteiger partial charge in [-0.15, -0.1) is 0 Å². The molecule has 1 heterocycles. The molecule has 2 rings (SSSR count). The van der Waals surface area contributed by atoms with Gasteiger partial charge in [-0.05, 0) is 29.9 Å². The molecule has 0 aromatic heterocycles. The van der Waals surface area contributed by atoms with Crippen LogP contribution in [0, 0.1) is 0 Å². The van der Waals surface area contributed by atoms with E-state index in [1.807, 2.05) is 24.3 Å². The van der Waals surface area contributed by atoms with Crippen molar-refractivity contribution in [3.05, 3.63) is 29.8 Å². The summed E-state index contributed by atoms with van der Waals surface area (Å²) >= 11 is 4.76. The van der Waals surface area contributed by atoms with Crippen molar-refractivity contribution in [3.8, 4) is 5.75 Å². The third kappa shape index (κ3) is 2.30. The van der Waals surface area contributed by atoms with E-state index in [1.165, 1.54) is 0 Å². The first-order chi connectivity index (χ1) is 7.69. The number of hydrogen-bond acceptors (Lipinski definition) is 4. The number of amides is 1.